The highest BCUT2D eigenvalue weighted by Gasteiger charge is 1.87. The topological polar surface area (TPSA) is 0 Å². The average Bonchev–Trinajstić information content (AvgIpc) is 2.34. The summed E-state index contributed by atoms with van der Waals surface area (Å²) < 4.78 is 0. The van der Waals surface area contributed by atoms with Gasteiger partial charge in [0.15, 0.2) is 0 Å². The summed E-state index contributed by atoms with van der Waals surface area (Å²) in [4.78, 5) is 0. The third-order valence-corrected chi connectivity index (χ3v) is 2.84. The van der Waals surface area contributed by atoms with Crippen LogP contribution in [0.4, 0.5) is 0 Å². The number of rotatable bonds is 8. The van der Waals surface area contributed by atoms with Crippen molar-refractivity contribution in [1.29, 1.82) is 0 Å². The summed E-state index contributed by atoms with van der Waals surface area (Å²) in [6.07, 6.45) is 13.8. The van der Waals surface area contributed by atoms with Gasteiger partial charge in [0.1, 0.15) is 0 Å². The molecule has 0 nitrogen and oxygen atoms in total. The Balaban J connectivity index is 2.01. The Morgan fingerprint density at radius 1 is 0.875 bits per heavy atom. The Morgan fingerprint density at radius 2 is 1.62 bits per heavy atom. The van der Waals surface area contributed by atoms with Crippen LogP contribution in [0, 0.1) is 0 Å². The van der Waals surface area contributed by atoms with Gasteiger partial charge in [-0.15, -0.1) is 0 Å². The first-order chi connectivity index (χ1) is 7.93. The quantitative estimate of drug-likeness (QED) is 0.416. The van der Waals surface area contributed by atoms with Crippen LogP contribution < -0.4 is 0 Å². The van der Waals surface area contributed by atoms with Crippen molar-refractivity contribution < 1.29 is 0 Å². The van der Waals surface area contributed by atoms with Crippen molar-refractivity contribution in [2.45, 2.75) is 51.9 Å². The highest BCUT2D eigenvalue weighted by Crippen LogP contribution is 2.06. The Kier molecular flexibility index (Phi) is 7.49. The molecule has 0 aliphatic carbocycles. The summed E-state index contributed by atoms with van der Waals surface area (Å²) in [6, 6.07) is 10.7. The summed E-state index contributed by atoms with van der Waals surface area (Å²) in [7, 11) is 0. The summed E-state index contributed by atoms with van der Waals surface area (Å²) in [5, 5.41) is 0. The Labute approximate surface area is 100 Å². The smallest absolute Gasteiger partial charge is 0.00975 e. The highest BCUT2D eigenvalue weighted by molar-refractivity contribution is 5.17. The molecule has 88 valence electrons. The Hall–Kier alpha value is -1.04. The summed E-state index contributed by atoms with van der Waals surface area (Å²) in [5.74, 6) is 0. The number of benzene rings is 1. The van der Waals surface area contributed by atoms with Gasteiger partial charge in [0.2, 0.25) is 0 Å². The van der Waals surface area contributed by atoms with Crippen LogP contribution >= 0.6 is 0 Å². The molecule has 0 aromatic heterocycles. The van der Waals surface area contributed by atoms with E-state index in [1.807, 2.05) is 0 Å². The number of allylic oxidation sites excluding steroid dienone is 2. The number of unbranched alkanes of at least 4 members (excludes halogenated alkanes) is 5. The van der Waals surface area contributed by atoms with Gasteiger partial charge in [-0.1, -0.05) is 75.1 Å². The fourth-order valence-electron chi connectivity index (χ4n) is 1.82. The van der Waals surface area contributed by atoms with Crippen molar-refractivity contribution in [2.24, 2.45) is 0 Å². The molecule has 0 unspecified atom stereocenters. The second-order valence-corrected chi connectivity index (χ2v) is 4.36. The van der Waals surface area contributed by atoms with Gasteiger partial charge in [0.05, 0.1) is 0 Å². The fourth-order valence-corrected chi connectivity index (χ4v) is 1.82. The predicted molar refractivity (Wildman–Crippen MR) is 72.7 cm³/mol. The van der Waals surface area contributed by atoms with E-state index in [1.54, 1.807) is 0 Å². The second-order valence-electron chi connectivity index (χ2n) is 4.36. The molecule has 0 N–H and O–H groups in total. The molecule has 0 saturated carbocycles. The van der Waals surface area contributed by atoms with E-state index in [4.69, 9.17) is 0 Å². The fraction of sp³-hybridized carbons (Fsp3) is 0.500. The van der Waals surface area contributed by atoms with E-state index in [0.717, 1.165) is 6.42 Å². The maximum atomic E-state index is 2.33. The molecular formula is C16H24. The zero-order valence-electron chi connectivity index (χ0n) is 10.5. The van der Waals surface area contributed by atoms with Gasteiger partial charge >= 0.3 is 0 Å². The van der Waals surface area contributed by atoms with Crippen LogP contribution in [-0.2, 0) is 6.42 Å². The van der Waals surface area contributed by atoms with Crippen LogP contribution in [0.15, 0.2) is 42.5 Å². The van der Waals surface area contributed by atoms with Crippen LogP contribution in [0.25, 0.3) is 0 Å². The molecule has 16 heavy (non-hydrogen) atoms. The molecule has 0 aliphatic rings. The van der Waals surface area contributed by atoms with Crippen molar-refractivity contribution >= 4 is 0 Å². The monoisotopic (exact) mass is 216 g/mol. The van der Waals surface area contributed by atoms with Gasteiger partial charge in [-0.2, -0.15) is 0 Å². The van der Waals surface area contributed by atoms with Gasteiger partial charge in [-0.05, 0) is 24.8 Å². The van der Waals surface area contributed by atoms with E-state index in [2.05, 4.69) is 49.4 Å². The lowest BCUT2D eigenvalue weighted by Crippen LogP contribution is -1.79. The minimum atomic E-state index is 1.08. The van der Waals surface area contributed by atoms with Crippen molar-refractivity contribution in [1.82, 2.24) is 0 Å². The normalized spacial score (nSPS) is 11.1. The van der Waals surface area contributed by atoms with Gasteiger partial charge in [0.25, 0.3) is 0 Å². The van der Waals surface area contributed by atoms with Gasteiger partial charge in [0, 0.05) is 0 Å². The van der Waals surface area contributed by atoms with E-state index in [1.165, 1.54) is 44.1 Å². The van der Waals surface area contributed by atoms with Crippen LogP contribution in [-0.4, -0.2) is 0 Å². The lowest BCUT2D eigenvalue weighted by atomic mass is 10.1. The first-order valence-corrected chi connectivity index (χ1v) is 6.62. The molecule has 0 saturated heterocycles. The SMILES string of the molecule is CCCCCCCC=CCc1ccccc1. The molecule has 0 bridgehead atoms. The largest absolute Gasteiger partial charge is 0.0882 e. The molecule has 1 rings (SSSR count). The first-order valence-electron chi connectivity index (χ1n) is 6.62. The van der Waals surface area contributed by atoms with Crippen molar-refractivity contribution in [3.05, 3.63) is 48.0 Å². The summed E-state index contributed by atoms with van der Waals surface area (Å²) >= 11 is 0. The molecule has 0 heterocycles. The average molecular weight is 216 g/mol. The van der Waals surface area contributed by atoms with Gasteiger partial charge in [-0.3, -0.25) is 0 Å². The lowest BCUT2D eigenvalue weighted by molar-refractivity contribution is 0.637. The lowest BCUT2D eigenvalue weighted by Gasteiger charge is -1.97. The summed E-state index contributed by atoms with van der Waals surface area (Å²) in [5.41, 5.74) is 1.41. The van der Waals surface area contributed by atoms with E-state index in [-0.39, 0.29) is 0 Å². The molecule has 0 spiro atoms. The summed E-state index contributed by atoms with van der Waals surface area (Å²) in [6.45, 7) is 2.26. The van der Waals surface area contributed by atoms with Gasteiger partial charge in [-0.25, -0.2) is 0 Å². The van der Waals surface area contributed by atoms with Crippen LogP contribution in [0.1, 0.15) is 51.0 Å². The van der Waals surface area contributed by atoms with Gasteiger partial charge < -0.3 is 0 Å². The molecule has 0 heteroatoms. The van der Waals surface area contributed by atoms with E-state index in [9.17, 15) is 0 Å². The Bertz CT molecular complexity index is 271. The van der Waals surface area contributed by atoms with E-state index < -0.39 is 0 Å². The van der Waals surface area contributed by atoms with Crippen LogP contribution in [0.2, 0.25) is 0 Å². The third kappa shape index (κ3) is 6.44. The molecule has 0 aliphatic heterocycles. The molecule has 1 aromatic rings. The second kappa shape index (κ2) is 9.21. The minimum absolute atomic E-state index is 1.08. The standard InChI is InChI=1S/C16H24/c1-2-3-4-5-6-7-8-10-13-16-14-11-9-12-15-16/h8-12,14-15H,2-7,13H2,1H3. The number of hydrogen-bond donors (Lipinski definition) is 0. The van der Waals surface area contributed by atoms with Crippen molar-refractivity contribution in [3.63, 3.8) is 0 Å². The van der Waals surface area contributed by atoms with Crippen LogP contribution in [0.5, 0.6) is 0 Å². The minimum Gasteiger partial charge on any atom is -0.0882 e. The zero-order valence-corrected chi connectivity index (χ0v) is 10.5. The van der Waals surface area contributed by atoms with Crippen LogP contribution in [0.3, 0.4) is 0 Å². The molecule has 0 atom stereocenters. The molecule has 0 fully saturated rings. The maximum absolute atomic E-state index is 2.33. The maximum Gasteiger partial charge on any atom is -0.00975 e. The van der Waals surface area contributed by atoms with Crippen molar-refractivity contribution in [2.75, 3.05) is 0 Å². The predicted octanol–water partition coefficient (Wildman–Crippen LogP) is 5.15. The molecule has 1 aromatic carbocycles. The molecule has 0 amide bonds. The van der Waals surface area contributed by atoms with E-state index in [0.29, 0.717) is 0 Å². The first kappa shape index (κ1) is 13.0. The molecular weight excluding hydrogens is 192 g/mol. The zero-order chi connectivity index (χ0) is 11.5. The Morgan fingerprint density at radius 3 is 2.38 bits per heavy atom. The van der Waals surface area contributed by atoms with Crippen molar-refractivity contribution in [3.8, 4) is 0 Å². The van der Waals surface area contributed by atoms with E-state index >= 15 is 0 Å². The number of hydrogen-bond acceptors (Lipinski definition) is 0. The molecule has 0 radical (unpaired) electrons. The third-order valence-electron chi connectivity index (χ3n) is 2.84. The highest BCUT2D eigenvalue weighted by atomic mass is 13.9.